The van der Waals surface area contributed by atoms with Crippen LogP contribution in [0.1, 0.15) is 78.1 Å². The van der Waals surface area contributed by atoms with Crippen molar-refractivity contribution in [1.29, 1.82) is 0 Å². The predicted octanol–water partition coefficient (Wildman–Crippen LogP) is 4.84. The highest BCUT2D eigenvalue weighted by Crippen LogP contribution is 2.69. The first-order valence-electron chi connectivity index (χ1n) is 10.9. The molecule has 142 valence electrons. The molecule has 0 radical (unpaired) electrons. The van der Waals surface area contributed by atoms with Gasteiger partial charge >= 0.3 is 5.97 Å². The summed E-state index contributed by atoms with van der Waals surface area (Å²) in [4.78, 5) is 24.0. The lowest BCUT2D eigenvalue weighted by Gasteiger charge is -2.58. The maximum atomic E-state index is 12.0. The molecular weight excluding hydrogens is 324 g/mol. The van der Waals surface area contributed by atoms with Gasteiger partial charge in [-0.2, -0.15) is 0 Å². The number of ketones is 1. The van der Waals surface area contributed by atoms with Crippen LogP contribution < -0.4 is 0 Å². The topological polar surface area (TPSA) is 43.4 Å². The van der Waals surface area contributed by atoms with E-state index < -0.39 is 0 Å². The van der Waals surface area contributed by atoms with Gasteiger partial charge in [0.2, 0.25) is 0 Å². The minimum Gasteiger partial charge on any atom is -0.458 e. The van der Waals surface area contributed by atoms with Crippen LogP contribution >= 0.6 is 0 Å². The van der Waals surface area contributed by atoms with Crippen molar-refractivity contribution < 1.29 is 14.3 Å². The van der Waals surface area contributed by atoms with E-state index in [2.05, 4.69) is 13.8 Å². The molecule has 7 atom stereocenters. The molecule has 0 aromatic carbocycles. The lowest BCUT2D eigenvalue weighted by atomic mass is 9.47. The molecule has 3 saturated carbocycles. The van der Waals surface area contributed by atoms with Gasteiger partial charge < -0.3 is 4.74 Å². The Balaban J connectivity index is 1.51. The summed E-state index contributed by atoms with van der Waals surface area (Å²) in [6.07, 6.45) is 12.4. The molecule has 5 aliphatic rings. The van der Waals surface area contributed by atoms with E-state index in [0.29, 0.717) is 30.0 Å². The Morgan fingerprint density at radius 3 is 2.69 bits per heavy atom. The second kappa shape index (κ2) is 5.69. The molecule has 3 nitrogen and oxygen atoms in total. The van der Waals surface area contributed by atoms with Gasteiger partial charge in [-0.1, -0.05) is 19.4 Å². The van der Waals surface area contributed by atoms with E-state index in [4.69, 9.17) is 4.74 Å². The number of allylic oxidation sites excluding steroid dienone is 1. The molecule has 1 aliphatic heterocycles. The van der Waals surface area contributed by atoms with Gasteiger partial charge in [0, 0.05) is 18.3 Å². The second-order valence-electron chi connectivity index (χ2n) is 9.92. The van der Waals surface area contributed by atoms with Crippen LogP contribution in [0.5, 0.6) is 0 Å². The maximum absolute atomic E-state index is 12.0. The van der Waals surface area contributed by atoms with Gasteiger partial charge in [0.05, 0.1) is 0 Å². The van der Waals surface area contributed by atoms with E-state index in [1.807, 2.05) is 6.08 Å². The quantitative estimate of drug-likeness (QED) is 0.631. The van der Waals surface area contributed by atoms with Crippen LogP contribution in [0.4, 0.5) is 0 Å². The number of hydrogen-bond donors (Lipinski definition) is 0. The van der Waals surface area contributed by atoms with Crippen LogP contribution in [0.2, 0.25) is 0 Å². The van der Waals surface area contributed by atoms with E-state index in [1.165, 1.54) is 24.8 Å². The molecule has 3 heteroatoms. The zero-order valence-corrected chi connectivity index (χ0v) is 16.3. The van der Waals surface area contributed by atoms with Crippen molar-refractivity contribution in [2.24, 2.45) is 35.0 Å². The minimum atomic E-state index is -0.160. The SMILES string of the molecule is CC[C@]12CCC3C(C(C)CC4=CC(=O)CC[C@@H]43)C1CC[C@@]21CCC(=O)O1. The van der Waals surface area contributed by atoms with Crippen LogP contribution in [0.25, 0.3) is 0 Å². The summed E-state index contributed by atoms with van der Waals surface area (Å²) in [6, 6.07) is 0. The van der Waals surface area contributed by atoms with Crippen LogP contribution in [-0.2, 0) is 14.3 Å². The van der Waals surface area contributed by atoms with Crippen LogP contribution in [0.15, 0.2) is 11.6 Å². The highest BCUT2D eigenvalue weighted by atomic mass is 16.6. The fraction of sp³-hybridized carbons (Fsp3) is 0.826. The summed E-state index contributed by atoms with van der Waals surface area (Å²) in [5, 5.41) is 0. The maximum Gasteiger partial charge on any atom is 0.306 e. The molecule has 26 heavy (non-hydrogen) atoms. The summed E-state index contributed by atoms with van der Waals surface area (Å²) in [5.74, 6) is 3.87. The molecule has 0 amide bonds. The fourth-order valence-electron chi connectivity index (χ4n) is 8.42. The van der Waals surface area contributed by atoms with E-state index in [0.717, 1.165) is 50.4 Å². The number of carbonyl (C=O) groups excluding carboxylic acids is 2. The molecule has 0 N–H and O–H groups in total. The largest absolute Gasteiger partial charge is 0.458 e. The average molecular weight is 357 g/mol. The number of ether oxygens (including phenoxy) is 1. The number of fused-ring (bicyclic) bond motifs is 6. The Kier molecular flexibility index (Phi) is 3.72. The Bertz CT molecular complexity index is 679. The molecule has 1 heterocycles. The lowest BCUT2D eigenvalue weighted by molar-refractivity contribution is -0.172. The van der Waals surface area contributed by atoms with E-state index >= 15 is 0 Å². The predicted molar refractivity (Wildman–Crippen MR) is 99.3 cm³/mol. The molecule has 5 rings (SSSR count). The standard InChI is InChI=1S/C23H32O3/c1-3-22-9-6-18-17-5-4-16(24)13-15(17)12-14(2)21(18)19(22)7-10-23(22)11-8-20(25)26-23/h13-14,17-19,21H,3-12H2,1-2H3/t14?,17-,18?,19?,21?,22-,23+/m0/s1. The summed E-state index contributed by atoms with van der Waals surface area (Å²) < 4.78 is 6.11. The minimum absolute atomic E-state index is 0.0355. The molecule has 0 aromatic rings. The van der Waals surface area contributed by atoms with Gasteiger partial charge in [0.1, 0.15) is 5.60 Å². The lowest BCUT2D eigenvalue weighted by Crippen LogP contribution is -2.55. The number of esters is 1. The van der Waals surface area contributed by atoms with Gasteiger partial charge in [-0.25, -0.2) is 0 Å². The molecule has 4 fully saturated rings. The summed E-state index contributed by atoms with van der Waals surface area (Å²) in [7, 11) is 0. The zero-order valence-electron chi connectivity index (χ0n) is 16.3. The highest BCUT2D eigenvalue weighted by molar-refractivity contribution is 5.91. The summed E-state index contributed by atoms with van der Waals surface area (Å²) >= 11 is 0. The number of rotatable bonds is 1. The first-order valence-corrected chi connectivity index (χ1v) is 10.9. The van der Waals surface area contributed by atoms with E-state index in [-0.39, 0.29) is 17.0 Å². The Hall–Kier alpha value is -1.12. The van der Waals surface area contributed by atoms with Gasteiger partial charge in [-0.05, 0) is 87.0 Å². The van der Waals surface area contributed by atoms with Crippen LogP contribution in [0, 0.1) is 35.0 Å². The smallest absolute Gasteiger partial charge is 0.306 e. The van der Waals surface area contributed by atoms with Crippen molar-refractivity contribution in [2.45, 2.75) is 83.7 Å². The Morgan fingerprint density at radius 2 is 1.96 bits per heavy atom. The van der Waals surface area contributed by atoms with Crippen LogP contribution in [0.3, 0.4) is 0 Å². The fourth-order valence-corrected chi connectivity index (χ4v) is 8.42. The number of carbonyl (C=O) groups is 2. The summed E-state index contributed by atoms with van der Waals surface area (Å²) in [5.41, 5.74) is 1.51. The molecule has 1 spiro atoms. The number of hydrogen-bond acceptors (Lipinski definition) is 3. The second-order valence-corrected chi connectivity index (χ2v) is 9.92. The van der Waals surface area contributed by atoms with Crippen molar-refractivity contribution >= 4 is 11.8 Å². The summed E-state index contributed by atoms with van der Waals surface area (Å²) in [6.45, 7) is 4.76. The monoisotopic (exact) mass is 356 g/mol. The van der Waals surface area contributed by atoms with E-state index in [1.54, 1.807) is 0 Å². The van der Waals surface area contributed by atoms with E-state index in [9.17, 15) is 9.59 Å². The molecule has 4 aliphatic carbocycles. The van der Waals surface area contributed by atoms with Crippen molar-refractivity contribution in [1.82, 2.24) is 0 Å². The van der Waals surface area contributed by atoms with Crippen molar-refractivity contribution in [3.05, 3.63) is 11.6 Å². The molecule has 4 unspecified atom stereocenters. The van der Waals surface area contributed by atoms with Crippen molar-refractivity contribution in [3.8, 4) is 0 Å². The average Bonchev–Trinajstić information content (AvgIpc) is 3.16. The Morgan fingerprint density at radius 1 is 1.12 bits per heavy atom. The zero-order chi connectivity index (χ0) is 18.1. The first-order chi connectivity index (χ1) is 12.5. The Labute approximate surface area is 156 Å². The molecule has 0 aromatic heterocycles. The van der Waals surface area contributed by atoms with Crippen LogP contribution in [-0.4, -0.2) is 17.4 Å². The van der Waals surface area contributed by atoms with Gasteiger partial charge in [-0.15, -0.1) is 0 Å². The normalized spacial score (nSPS) is 50.1. The van der Waals surface area contributed by atoms with Crippen molar-refractivity contribution in [3.63, 3.8) is 0 Å². The third-order valence-electron chi connectivity index (χ3n) is 9.29. The molecular formula is C23H32O3. The van der Waals surface area contributed by atoms with Gasteiger partial charge in [0.15, 0.2) is 5.78 Å². The van der Waals surface area contributed by atoms with Gasteiger partial charge in [-0.3, -0.25) is 9.59 Å². The van der Waals surface area contributed by atoms with Gasteiger partial charge in [0.25, 0.3) is 0 Å². The third kappa shape index (κ3) is 2.06. The molecule has 0 bridgehead atoms. The third-order valence-corrected chi connectivity index (χ3v) is 9.29. The first kappa shape index (κ1) is 17.0. The highest BCUT2D eigenvalue weighted by Gasteiger charge is 2.67. The van der Waals surface area contributed by atoms with Crippen molar-refractivity contribution in [2.75, 3.05) is 0 Å². The molecule has 1 saturated heterocycles.